The average molecular weight is 574 g/mol. The predicted octanol–water partition coefficient (Wildman–Crippen LogP) is 5.80. The molecular formula is C31H36FN7O3. The number of hydrogen-bond acceptors (Lipinski definition) is 10. The summed E-state index contributed by atoms with van der Waals surface area (Å²) in [6, 6.07) is 13.3. The molecule has 2 saturated heterocycles. The molecule has 6 rings (SSSR count). The molecule has 0 radical (unpaired) electrons. The van der Waals surface area contributed by atoms with Gasteiger partial charge in [0, 0.05) is 55.7 Å². The highest BCUT2D eigenvalue weighted by Crippen LogP contribution is 2.37. The van der Waals surface area contributed by atoms with Crippen LogP contribution in [0.15, 0.2) is 53.1 Å². The largest absolute Gasteiger partial charge is 0.497 e. The fourth-order valence-corrected chi connectivity index (χ4v) is 5.75. The first-order valence-electron chi connectivity index (χ1n) is 14.4. The van der Waals surface area contributed by atoms with Gasteiger partial charge < -0.3 is 29.4 Å². The van der Waals surface area contributed by atoms with E-state index >= 15 is 4.39 Å². The van der Waals surface area contributed by atoms with Gasteiger partial charge in [0.15, 0.2) is 5.76 Å². The van der Waals surface area contributed by atoms with Crippen molar-refractivity contribution < 1.29 is 18.3 Å². The van der Waals surface area contributed by atoms with Crippen molar-refractivity contribution in [1.29, 1.82) is 0 Å². The van der Waals surface area contributed by atoms with Crippen LogP contribution in [0, 0.1) is 5.82 Å². The lowest BCUT2D eigenvalue weighted by molar-refractivity contribution is 0.133. The Hall–Kier alpha value is -4.38. The summed E-state index contributed by atoms with van der Waals surface area (Å²) in [5.41, 5.74) is 3.03. The van der Waals surface area contributed by atoms with E-state index in [0.29, 0.717) is 64.6 Å². The lowest BCUT2D eigenvalue weighted by atomic mass is 9.99. The Bertz CT molecular complexity index is 1520. The molecule has 0 aliphatic carbocycles. The van der Waals surface area contributed by atoms with Crippen LogP contribution in [-0.4, -0.2) is 72.8 Å². The fraction of sp³-hybridized carbons (Fsp3) is 0.387. The molecule has 2 aromatic carbocycles. The van der Waals surface area contributed by atoms with E-state index in [1.165, 1.54) is 25.3 Å². The maximum atomic E-state index is 15.4. The van der Waals surface area contributed by atoms with Gasteiger partial charge in [-0.2, -0.15) is 4.98 Å². The molecule has 0 amide bonds. The number of benzene rings is 2. The van der Waals surface area contributed by atoms with Gasteiger partial charge in [-0.3, -0.25) is 4.90 Å². The van der Waals surface area contributed by atoms with Crippen molar-refractivity contribution in [3.05, 3.63) is 54.5 Å². The number of ether oxygens (including phenoxy) is 2. The number of methoxy groups -OCH3 is 2. The average Bonchev–Trinajstić information content (AvgIpc) is 3.45. The van der Waals surface area contributed by atoms with E-state index in [4.69, 9.17) is 13.9 Å². The van der Waals surface area contributed by atoms with Gasteiger partial charge in [0.25, 0.3) is 6.01 Å². The molecular weight excluding hydrogens is 537 g/mol. The molecule has 4 aromatic rings. The van der Waals surface area contributed by atoms with Gasteiger partial charge in [-0.05, 0) is 62.7 Å². The zero-order valence-electron chi connectivity index (χ0n) is 24.2. The minimum absolute atomic E-state index is 0.264. The molecule has 220 valence electrons. The first-order chi connectivity index (χ1) is 20.5. The zero-order chi connectivity index (χ0) is 29.1. The number of fused-ring (bicyclic) bond motifs is 1. The van der Waals surface area contributed by atoms with Gasteiger partial charge >= 0.3 is 0 Å². The Morgan fingerprint density at radius 2 is 1.83 bits per heavy atom. The Balaban J connectivity index is 1.25. The molecule has 0 bridgehead atoms. The molecule has 1 atom stereocenters. The Kier molecular flexibility index (Phi) is 8.09. The summed E-state index contributed by atoms with van der Waals surface area (Å²) in [4.78, 5) is 18.4. The molecule has 10 nitrogen and oxygen atoms in total. The quantitative estimate of drug-likeness (QED) is 0.255. The highest BCUT2D eigenvalue weighted by Gasteiger charge is 2.30. The van der Waals surface area contributed by atoms with Gasteiger partial charge in [-0.15, -0.1) is 0 Å². The van der Waals surface area contributed by atoms with Crippen LogP contribution in [0.4, 0.5) is 27.7 Å². The van der Waals surface area contributed by atoms with Crippen LogP contribution < -0.4 is 25.0 Å². The predicted molar refractivity (Wildman–Crippen MR) is 161 cm³/mol. The van der Waals surface area contributed by atoms with Crippen LogP contribution in [0.25, 0.3) is 22.7 Å². The van der Waals surface area contributed by atoms with E-state index in [-0.39, 0.29) is 5.82 Å². The van der Waals surface area contributed by atoms with Crippen molar-refractivity contribution in [1.82, 2.24) is 19.9 Å². The van der Waals surface area contributed by atoms with Gasteiger partial charge in [0.05, 0.1) is 19.9 Å². The highest BCUT2D eigenvalue weighted by atomic mass is 19.1. The summed E-state index contributed by atoms with van der Waals surface area (Å²) in [5, 5.41) is 6.28. The van der Waals surface area contributed by atoms with E-state index in [9.17, 15) is 0 Å². The van der Waals surface area contributed by atoms with Crippen molar-refractivity contribution in [2.45, 2.75) is 32.2 Å². The van der Waals surface area contributed by atoms with Crippen molar-refractivity contribution in [3.8, 4) is 34.2 Å². The zero-order valence-corrected chi connectivity index (χ0v) is 24.2. The summed E-state index contributed by atoms with van der Waals surface area (Å²) < 4.78 is 32.4. The molecule has 0 saturated carbocycles. The van der Waals surface area contributed by atoms with E-state index in [2.05, 4.69) is 35.4 Å². The van der Waals surface area contributed by atoms with E-state index < -0.39 is 0 Å². The fourth-order valence-electron chi connectivity index (χ4n) is 5.75. The minimum Gasteiger partial charge on any atom is -0.497 e. The van der Waals surface area contributed by atoms with Crippen LogP contribution in [-0.2, 0) is 0 Å². The molecule has 2 aliphatic heterocycles. The van der Waals surface area contributed by atoms with Gasteiger partial charge in [0.1, 0.15) is 28.7 Å². The van der Waals surface area contributed by atoms with Crippen LogP contribution in [0.1, 0.15) is 26.2 Å². The molecule has 1 unspecified atom stereocenters. The summed E-state index contributed by atoms with van der Waals surface area (Å²) in [6.45, 7) is 6.43. The number of piperidine rings is 1. The maximum Gasteiger partial charge on any atom is 0.295 e. The number of oxazole rings is 1. The topological polar surface area (TPSA) is 101 Å². The van der Waals surface area contributed by atoms with Crippen molar-refractivity contribution >= 4 is 23.3 Å². The number of anilines is 4. The van der Waals surface area contributed by atoms with E-state index in [0.717, 1.165) is 31.7 Å². The number of piperazine rings is 1. The van der Waals surface area contributed by atoms with E-state index in [1.54, 1.807) is 32.5 Å². The smallest absolute Gasteiger partial charge is 0.295 e. The van der Waals surface area contributed by atoms with Gasteiger partial charge in [-0.25, -0.2) is 14.4 Å². The second-order valence-corrected chi connectivity index (χ2v) is 10.5. The number of halogens is 1. The highest BCUT2D eigenvalue weighted by molar-refractivity contribution is 5.78. The maximum absolute atomic E-state index is 15.4. The molecule has 2 N–H and O–H groups in total. The normalized spacial score (nSPS) is 17.0. The third-order valence-corrected chi connectivity index (χ3v) is 7.85. The second kappa shape index (κ2) is 12.2. The van der Waals surface area contributed by atoms with Crippen molar-refractivity contribution in [2.24, 2.45) is 0 Å². The molecule has 11 heteroatoms. The Labute approximate surface area is 244 Å². The number of aromatic nitrogens is 3. The van der Waals surface area contributed by atoms with Crippen LogP contribution in [0.3, 0.4) is 0 Å². The van der Waals surface area contributed by atoms with Crippen LogP contribution in [0.5, 0.6) is 11.5 Å². The SMILES string of the molecule is CCNc1nc(-c2cc(OC)cc(OC)c2)c(-c2ccnc(Nc3ccc(N4CCN5CCCCC5C4)c(F)c3)n2)o1. The second-order valence-electron chi connectivity index (χ2n) is 10.5. The number of hydrogen-bond donors (Lipinski definition) is 2. The number of nitrogens with zero attached hydrogens (tertiary/aromatic N) is 5. The van der Waals surface area contributed by atoms with Crippen LogP contribution >= 0.6 is 0 Å². The minimum atomic E-state index is -0.264. The molecule has 2 aliphatic rings. The van der Waals surface area contributed by atoms with E-state index in [1.807, 2.05) is 31.2 Å². The first-order valence-corrected chi connectivity index (χ1v) is 14.4. The Morgan fingerprint density at radius 1 is 1.00 bits per heavy atom. The standard InChI is InChI=1S/C31H36FN7O3/c1-4-33-31-37-28(20-15-23(40-2)18-24(16-20)41-3)29(42-31)26-10-11-34-30(36-26)35-21-8-9-27(25(32)17-21)39-14-13-38-12-6-5-7-22(38)19-39/h8-11,15-18,22H,4-7,12-14,19H2,1-3H3,(H,33,37)(H,34,35,36). The van der Waals surface area contributed by atoms with Crippen molar-refractivity contribution in [3.63, 3.8) is 0 Å². The lowest BCUT2D eigenvalue weighted by Crippen LogP contribution is -2.55. The lowest BCUT2D eigenvalue weighted by Gasteiger charge is -2.45. The summed E-state index contributed by atoms with van der Waals surface area (Å²) >= 11 is 0. The number of nitrogens with one attached hydrogen (secondary N) is 2. The first kappa shape index (κ1) is 27.8. The molecule has 42 heavy (non-hydrogen) atoms. The summed E-state index contributed by atoms with van der Waals surface area (Å²) in [5.74, 6) is 1.75. The molecule has 2 aromatic heterocycles. The molecule has 4 heterocycles. The summed E-state index contributed by atoms with van der Waals surface area (Å²) in [6.07, 6.45) is 5.32. The number of rotatable bonds is 9. The molecule has 2 fully saturated rings. The van der Waals surface area contributed by atoms with Crippen LogP contribution in [0.2, 0.25) is 0 Å². The third kappa shape index (κ3) is 5.82. The Morgan fingerprint density at radius 3 is 2.60 bits per heavy atom. The van der Waals surface area contributed by atoms with Gasteiger partial charge in [0.2, 0.25) is 5.95 Å². The third-order valence-electron chi connectivity index (χ3n) is 7.85. The van der Waals surface area contributed by atoms with Crippen molar-refractivity contribution in [2.75, 3.05) is 62.5 Å². The monoisotopic (exact) mass is 573 g/mol. The van der Waals surface area contributed by atoms with Gasteiger partial charge in [-0.1, -0.05) is 6.42 Å². The summed E-state index contributed by atoms with van der Waals surface area (Å²) in [7, 11) is 3.20. The molecule has 0 spiro atoms.